The van der Waals surface area contributed by atoms with Gasteiger partial charge in [0.1, 0.15) is 6.04 Å². The van der Waals surface area contributed by atoms with E-state index in [-0.39, 0.29) is 29.9 Å². The third-order valence-corrected chi connectivity index (χ3v) is 2.48. The molecule has 0 bridgehead atoms. The molecule has 1 heterocycles. The molecule has 1 aliphatic carbocycles. The Morgan fingerprint density at radius 2 is 2.31 bits per heavy atom. The summed E-state index contributed by atoms with van der Waals surface area (Å²) < 4.78 is 0. The first kappa shape index (κ1) is 8.50. The first-order valence-corrected chi connectivity index (χ1v) is 4.52. The fourth-order valence-electron chi connectivity index (χ4n) is 1.47. The third-order valence-electron chi connectivity index (χ3n) is 2.48. The van der Waals surface area contributed by atoms with Gasteiger partial charge in [-0.1, -0.05) is 0 Å². The van der Waals surface area contributed by atoms with Crippen molar-refractivity contribution in [1.29, 1.82) is 0 Å². The largest absolute Gasteiger partial charge is 0.350 e. The molecule has 0 radical (unpaired) electrons. The highest BCUT2D eigenvalue weighted by molar-refractivity contribution is 5.91. The van der Waals surface area contributed by atoms with E-state index >= 15 is 0 Å². The van der Waals surface area contributed by atoms with Crippen LogP contribution in [0.2, 0.25) is 0 Å². The highest BCUT2D eigenvalue weighted by atomic mass is 16.2. The molecule has 0 spiro atoms. The Morgan fingerprint density at radius 1 is 1.62 bits per heavy atom. The molecule has 3 unspecified atom stereocenters. The normalized spacial score (nSPS) is 37.0. The molecule has 1 aliphatic heterocycles. The predicted molar refractivity (Wildman–Crippen MR) is 45.7 cm³/mol. The molecule has 4 N–H and O–H groups in total. The van der Waals surface area contributed by atoms with Crippen molar-refractivity contribution in [2.75, 3.05) is 0 Å². The summed E-state index contributed by atoms with van der Waals surface area (Å²) in [4.78, 5) is 22.2. The van der Waals surface area contributed by atoms with Crippen LogP contribution in [0.25, 0.3) is 0 Å². The molecule has 72 valence electrons. The molecule has 2 fully saturated rings. The van der Waals surface area contributed by atoms with Crippen molar-refractivity contribution in [2.45, 2.75) is 37.4 Å². The summed E-state index contributed by atoms with van der Waals surface area (Å²) in [7, 11) is 0. The predicted octanol–water partition coefficient (Wildman–Crippen LogP) is -1.52. The Bertz CT molecular complexity index is 254. The van der Waals surface area contributed by atoms with E-state index in [1.165, 1.54) is 0 Å². The Kier molecular flexibility index (Phi) is 1.95. The number of hydrogen-bond donors (Lipinski definition) is 3. The number of hydrogen-bond acceptors (Lipinski definition) is 3. The SMILES string of the molecule is NC1CC1NC(=O)C1CCC(=O)N1. The van der Waals surface area contributed by atoms with E-state index in [1.54, 1.807) is 0 Å². The minimum Gasteiger partial charge on any atom is -0.350 e. The Labute approximate surface area is 76.0 Å². The number of rotatable bonds is 2. The number of amides is 2. The zero-order chi connectivity index (χ0) is 9.42. The minimum absolute atomic E-state index is 0.0414. The van der Waals surface area contributed by atoms with Crippen molar-refractivity contribution in [1.82, 2.24) is 10.6 Å². The molecular weight excluding hydrogens is 170 g/mol. The van der Waals surface area contributed by atoms with Gasteiger partial charge in [0.15, 0.2) is 0 Å². The molecule has 2 amide bonds. The van der Waals surface area contributed by atoms with Crippen LogP contribution < -0.4 is 16.4 Å². The van der Waals surface area contributed by atoms with Gasteiger partial charge in [0, 0.05) is 18.5 Å². The first-order valence-electron chi connectivity index (χ1n) is 4.52. The lowest BCUT2D eigenvalue weighted by atomic mass is 10.2. The third kappa shape index (κ3) is 1.80. The fourth-order valence-corrected chi connectivity index (χ4v) is 1.47. The molecule has 2 rings (SSSR count). The van der Waals surface area contributed by atoms with Crippen LogP contribution in [-0.4, -0.2) is 29.9 Å². The molecule has 13 heavy (non-hydrogen) atoms. The fraction of sp³-hybridized carbons (Fsp3) is 0.750. The van der Waals surface area contributed by atoms with E-state index in [9.17, 15) is 9.59 Å². The maximum atomic E-state index is 11.4. The summed E-state index contributed by atoms with van der Waals surface area (Å²) in [5.41, 5.74) is 5.54. The van der Waals surface area contributed by atoms with Gasteiger partial charge in [-0.05, 0) is 12.8 Å². The summed E-state index contributed by atoms with van der Waals surface area (Å²) in [5.74, 6) is -0.135. The second kappa shape index (κ2) is 2.99. The molecule has 2 aliphatic rings. The lowest BCUT2D eigenvalue weighted by Gasteiger charge is -2.09. The Hall–Kier alpha value is -1.10. The average Bonchev–Trinajstić information content (AvgIpc) is 2.62. The van der Waals surface area contributed by atoms with E-state index in [0.717, 1.165) is 6.42 Å². The van der Waals surface area contributed by atoms with Crippen LogP contribution in [0.15, 0.2) is 0 Å². The van der Waals surface area contributed by atoms with Gasteiger partial charge in [-0.15, -0.1) is 0 Å². The smallest absolute Gasteiger partial charge is 0.242 e. The highest BCUT2D eigenvalue weighted by Gasteiger charge is 2.37. The molecule has 0 aromatic rings. The molecule has 1 saturated heterocycles. The maximum Gasteiger partial charge on any atom is 0.242 e. The first-order chi connectivity index (χ1) is 6.16. The highest BCUT2D eigenvalue weighted by Crippen LogP contribution is 2.18. The molecule has 1 saturated carbocycles. The van der Waals surface area contributed by atoms with Gasteiger partial charge in [0.25, 0.3) is 0 Å². The molecule has 0 aromatic carbocycles. The molecular formula is C8H13N3O2. The lowest BCUT2D eigenvalue weighted by Crippen LogP contribution is -2.43. The van der Waals surface area contributed by atoms with E-state index in [0.29, 0.717) is 12.8 Å². The number of nitrogens with one attached hydrogen (secondary N) is 2. The van der Waals surface area contributed by atoms with Gasteiger partial charge in [-0.2, -0.15) is 0 Å². The van der Waals surface area contributed by atoms with E-state index in [2.05, 4.69) is 10.6 Å². The monoisotopic (exact) mass is 183 g/mol. The second-order valence-corrected chi connectivity index (χ2v) is 3.67. The van der Waals surface area contributed by atoms with Gasteiger partial charge in [-0.25, -0.2) is 0 Å². The van der Waals surface area contributed by atoms with Gasteiger partial charge in [-0.3, -0.25) is 9.59 Å². The van der Waals surface area contributed by atoms with Gasteiger partial charge in [0.05, 0.1) is 0 Å². The van der Waals surface area contributed by atoms with Crippen LogP contribution >= 0.6 is 0 Å². The standard InChI is InChI=1S/C8H13N3O2/c9-4-3-6(4)11-8(13)5-1-2-7(12)10-5/h4-6H,1-3,9H2,(H,10,12)(H,11,13). The lowest BCUT2D eigenvalue weighted by molar-refractivity contribution is -0.125. The minimum atomic E-state index is -0.333. The summed E-state index contributed by atoms with van der Waals surface area (Å²) in [5, 5.41) is 5.40. The molecule has 5 nitrogen and oxygen atoms in total. The number of carbonyl (C=O) groups excluding carboxylic acids is 2. The molecule has 3 atom stereocenters. The van der Waals surface area contributed by atoms with Crippen molar-refractivity contribution < 1.29 is 9.59 Å². The van der Waals surface area contributed by atoms with Crippen LogP contribution in [0.1, 0.15) is 19.3 Å². The van der Waals surface area contributed by atoms with E-state index < -0.39 is 0 Å². The quantitative estimate of drug-likeness (QED) is 0.486. The summed E-state index contributed by atoms with van der Waals surface area (Å²) in [6, 6.07) is -0.0913. The van der Waals surface area contributed by atoms with Crippen molar-refractivity contribution >= 4 is 11.8 Å². The van der Waals surface area contributed by atoms with Crippen LogP contribution in [0, 0.1) is 0 Å². The molecule has 5 heteroatoms. The number of nitrogens with two attached hydrogens (primary N) is 1. The topological polar surface area (TPSA) is 84.2 Å². The Morgan fingerprint density at radius 3 is 2.77 bits per heavy atom. The van der Waals surface area contributed by atoms with Gasteiger partial charge >= 0.3 is 0 Å². The summed E-state index contributed by atoms with van der Waals surface area (Å²) >= 11 is 0. The van der Waals surface area contributed by atoms with E-state index in [1.807, 2.05) is 0 Å². The second-order valence-electron chi connectivity index (χ2n) is 3.67. The zero-order valence-electron chi connectivity index (χ0n) is 7.25. The Balaban J connectivity index is 1.80. The van der Waals surface area contributed by atoms with Crippen LogP contribution in [0.3, 0.4) is 0 Å². The zero-order valence-corrected chi connectivity index (χ0v) is 7.25. The van der Waals surface area contributed by atoms with Crippen molar-refractivity contribution in [2.24, 2.45) is 5.73 Å². The van der Waals surface area contributed by atoms with Crippen LogP contribution in [-0.2, 0) is 9.59 Å². The van der Waals surface area contributed by atoms with Crippen molar-refractivity contribution in [3.05, 3.63) is 0 Å². The van der Waals surface area contributed by atoms with Crippen LogP contribution in [0.5, 0.6) is 0 Å². The van der Waals surface area contributed by atoms with Crippen molar-refractivity contribution in [3.63, 3.8) is 0 Å². The van der Waals surface area contributed by atoms with E-state index in [4.69, 9.17) is 5.73 Å². The number of carbonyl (C=O) groups is 2. The van der Waals surface area contributed by atoms with Gasteiger partial charge < -0.3 is 16.4 Å². The van der Waals surface area contributed by atoms with Gasteiger partial charge in [0.2, 0.25) is 11.8 Å². The average molecular weight is 183 g/mol. The molecule has 0 aromatic heterocycles. The van der Waals surface area contributed by atoms with Crippen LogP contribution in [0.4, 0.5) is 0 Å². The summed E-state index contributed by atoms with van der Waals surface area (Å²) in [6.07, 6.45) is 1.91. The van der Waals surface area contributed by atoms with Crippen molar-refractivity contribution in [3.8, 4) is 0 Å². The summed E-state index contributed by atoms with van der Waals surface area (Å²) in [6.45, 7) is 0. The maximum absolute atomic E-state index is 11.4.